The molecule has 0 heterocycles. The van der Waals surface area contributed by atoms with Gasteiger partial charge in [0.25, 0.3) is 6.26 Å². The van der Waals surface area contributed by atoms with Gasteiger partial charge in [-0.3, -0.25) is 0 Å². The first kappa shape index (κ1) is 10.3. The average Bonchev–Trinajstić information content (AvgIpc) is 3.04. The molecule has 4 heteroatoms. The smallest absolute Gasteiger partial charge is 0.292 e. The molecule has 0 aliphatic heterocycles. The van der Waals surface area contributed by atoms with Crippen LogP contribution in [0.2, 0.25) is 0 Å². The molecule has 0 N–H and O–H groups in total. The molecule has 1 aromatic carbocycles. The lowest BCUT2D eigenvalue weighted by atomic mass is 10.3. The summed E-state index contributed by atoms with van der Waals surface area (Å²) in [6.45, 7) is 2.12. The van der Waals surface area contributed by atoms with Gasteiger partial charge in [-0.1, -0.05) is 12.1 Å². The molecule has 15 heavy (non-hydrogen) atoms. The van der Waals surface area contributed by atoms with E-state index < -0.39 is 8.15 Å². The van der Waals surface area contributed by atoms with E-state index in [1.807, 2.05) is 18.2 Å². The van der Waals surface area contributed by atoms with Gasteiger partial charge in [0.1, 0.15) is 0 Å². The van der Waals surface area contributed by atoms with Gasteiger partial charge in [-0.05, 0) is 31.6 Å². The van der Waals surface area contributed by atoms with Gasteiger partial charge in [0.05, 0.1) is 8.15 Å². The SMILES string of the molecule is CP(Oc1ccccc1OC#N)C1CC1. The summed E-state index contributed by atoms with van der Waals surface area (Å²) in [6.07, 6.45) is 4.20. The first-order chi connectivity index (χ1) is 7.31. The van der Waals surface area contributed by atoms with E-state index in [0.29, 0.717) is 11.5 Å². The number of para-hydroxylation sites is 2. The molecular weight excluding hydrogens is 209 g/mol. The van der Waals surface area contributed by atoms with Crippen molar-refractivity contribution in [3.8, 4) is 17.8 Å². The van der Waals surface area contributed by atoms with Gasteiger partial charge in [0.15, 0.2) is 11.5 Å². The lowest BCUT2D eigenvalue weighted by Crippen LogP contribution is -1.93. The molecule has 0 spiro atoms. The molecule has 2 rings (SSSR count). The molecule has 1 aliphatic rings. The summed E-state index contributed by atoms with van der Waals surface area (Å²) in [4.78, 5) is 0. The fraction of sp³-hybridized carbons (Fsp3) is 0.364. The number of nitriles is 1. The van der Waals surface area contributed by atoms with Crippen LogP contribution in [0.1, 0.15) is 12.8 Å². The number of nitrogens with zero attached hydrogens (tertiary/aromatic N) is 1. The normalized spacial score (nSPS) is 16.5. The fourth-order valence-corrected chi connectivity index (χ4v) is 2.81. The van der Waals surface area contributed by atoms with Crippen LogP contribution in [0.3, 0.4) is 0 Å². The van der Waals surface area contributed by atoms with Crippen LogP contribution in [0.25, 0.3) is 0 Å². The predicted molar refractivity (Wildman–Crippen MR) is 59.2 cm³/mol. The zero-order valence-electron chi connectivity index (χ0n) is 8.51. The molecule has 0 amide bonds. The Labute approximate surface area is 90.5 Å². The molecule has 1 saturated carbocycles. The van der Waals surface area contributed by atoms with Crippen LogP contribution < -0.4 is 9.26 Å². The van der Waals surface area contributed by atoms with E-state index in [9.17, 15) is 0 Å². The van der Waals surface area contributed by atoms with Crippen molar-refractivity contribution >= 4 is 8.15 Å². The van der Waals surface area contributed by atoms with Crippen molar-refractivity contribution in [1.82, 2.24) is 0 Å². The average molecular weight is 221 g/mol. The number of hydrogen-bond donors (Lipinski definition) is 0. The first-order valence-electron chi connectivity index (χ1n) is 4.87. The molecule has 0 radical (unpaired) electrons. The maximum absolute atomic E-state index is 8.48. The number of benzene rings is 1. The van der Waals surface area contributed by atoms with E-state index in [-0.39, 0.29) is 0 Å². The first-order valence-corrected chi connectivity index (χ1v) is 6.64. The van der Waals surface area contributed by atoms with Crippen LogP contribution in [0, 0.1) is 11.5 Å². The summed E-state index contributed by atoms with van der Waals surface area (Å²) in [5.74, 6) is 1.19. The van der Waals surface area contributed by atoms with Crippen LogP contribution in [0.5, 0.6) is 11.5 Å². The van der Waals surface area contributed by atoms with Gasteiger partial charge in [0, 0.05) is 5.66 Å². The Morgan fingerprint density at radius 3 is 2.60 bits per heavy atom. The number of rotatable bonds is 4. The Bertz CT molecular complexity index is 384. The van der Waals surface area contributed by atoms with Crippen LogP contribution in [0.15, 0.2) is 24.3 Å². The van der Waals surface area contributed by atoms with Crippen LogP contribution in [-0.4, -0.2) is 12.3 Å². The zero-order valence-corrected chi connectivity index (χ0v) is 9.41. The molecule has 1 aromatic rings. The maximum atomic E-state index is 8.48. The molecule has 0 bridgehead atoms. The highest BCUT2D eigenvalue weighted by atomic mass is 31.1. The van der Waals surface area contributed by atoms with Crippen molar-refractivity contribution in [2.24, 2.45) is 0 Å². The minimum Gasteiger partial charge on any atom is -0.470 e. The Morgan fingerprint density at radius 1 is 1.33 bits per heavy atom. The summed E-state index contributed by atoms with van der Waals surface area (Å²) in [7, 11) is -0.421. The molecule has 1 fully saturated rings. The Balaban J connectivity index is 2.08. The summed E-state index contributed by atoms with van der Waals surface area (Å²) >= 11 is 0. The quantitative estimate of drug-likeness (QED) is 0.579. The third-order valence-corrected chi connectivity index (χ3v) is 4.34. The van der Waals surface area contributed by atoms with E-state index in [2.05, 4.69) is 6.66 Å². The zero-order chi connectivity index (χ0) is 10.7. The predicted octanol–water partition coefficient (Wildman–Crippen LogP) is 3.11. The monoisotopic (exact) mass is 221 g/mol. The highest BCUT2D eigenvalue weighted by molar-refractivity contribution is 7.53. The Morgan fingerprint density at radius 2 is 2.00 bits per heavy atom. The third kappa shape index (κ3) is 2.61. The van der Waals surface area contributed by atoms with Gasteiger partial charge in [-0.25, -0.2) is 0 Å². The second-order valence-electron chi connectivity index (χ2n) is 3.51. The maximum Gasteiger partial charge on any atom is 0.292 e. The summed E-state index contributed by atoms with van der Waals surface area (Å²) in [6, 6.07) is 7.30. The molecule has 1 unspecified atom stereocenters. The summed E-state index contributed by atoms with van der Waals surface area (Å²) in [5, 5.41) is 8.48. The molecule has 1 aliphatic carbocycles. The minimum absolute atomic E-state index is 0.421. The second kappa shape index (κ2) is 4.51. The van der Waals surface area contributed by atoms with Crippen molar-refractivity contribution < 1.29 is 9.26 Å². The van der Waals surface area contributed by atoms with Crippen LogP contribution >= 0.6 is 8.15 Å². The van der Waals surface area contributed by atoms with Gasteiger partial charge in [-0.2, -0.15) is 0 Å². The topological polar surface area (TPSA) is 42.2 Å². The largest absolute Gasteiger partial charge is 0.470 e. The van der Waals surface area contributed by atoms with Gasteiger partial charge in [-0.15, -0.1) is 5.26 Å². The van der Waals surface area contributed by atoms with Crippen LogP contribution in [0.4, 0.5) is 0 Å². The van der Waals surface area contributed by atoms with E-state index in [1.54, 1.807) is 12.3 Å². The van der Waals surface area contributed by atoms with Crippen molar-refractivity contribution in [1.29, 1.82) is 5.26 Å². The minimum atomic E-state index is -0.421. The van der Waals surface area contributed by atoms with Gasteiger partial charge < -0.3 is 9.26 Å². The summed E-state index contributed by atoms with van der Waals surface area (Å²) < 4.78 is 10.6. The Hall–Kier alpha value is -1.26. The van der Waals surface area contributed by atoms with Crippen molar-refractivity contribution in [2.45, 2.75) is 18.5 Å². The highest BCUT2D eigenvalue weighted by Gasteiger charge is 2.30. The van der Waals surface area contributed by atoms with Crippen molar-refractivity contribution in [3.63, 3.8) is 0 Å². The molecule has 78 valence electrons. The van der Waals surface area contributed by atoms with E-state index >= 15 is 0 Å². The van der Waals surface area contributed by atoms with Crippen LogP contribution in [-0.2, 0) is 0 Å². The molecule has 0 saturated heterocycles. The van der Waals surface area contributed by atoms with E-state index in [0.717, 1.165) is 5.66 Å². The second-order valence-corrected chi connectivity index (χ2v) is 5.51. The third-order valence-electron chi connectivity index (χ3n) is 2.31. The number of ether oxygens (including phenoxy) is 1. The van der Waals surface area contributed by atoms with Gasteiger partial charge in [0.2, 0.25) is 0 Å². The van der Waals surface area contributed by atoms with Crippen molar-refractivity contribution in [3.05, 3.63) is 24.3 Å². The Kier molecular flexibility index (Phi) is 3.08. The number of hydrogen-bond acceptors (Lipinski definition) is 3. The lowest BCUT2D eigenvalue weighted by molar-refractivity contribution is 0.475. The van der Waals surface area contributed by atoms with Gasteiger partial charge >= 0.3 is 0 Å². The molecule has 0 aromatic heterocycles. The lowest BCUT2D eigenvalue weighted by Gasteiger charge is -2.14. The molecule has 1 atom stereocenters. The fourth-order valence-electron chi connectivity index (χ4n) is 1.33. The van der Waals surface area contributed by atoms with Crippen molar-refractivity contribution in [2.75, 3.05) is 6.66 Å². The van der Waals surface area contributed by atoms with E-state index in [1.165, 1.54) is 12.8 Å². The molecular formula is C11H12NO2P. The van der Waals surface area contributed by atoms with E-state index in [4.69, 9.17) is 14.5 Å². The molecule has 3 nitrogen and oxygen atoms in total. The summed E-state index contributed by atoms with van der Waals surface area (Å²) in [5.41, 5.74) is 0.732. The highest BCUT2D eigenvalue weighted by Crippen LogP contribution is 2.52. The standard InChI is InChI=1S/C11H12NO2P/c1-15(9-6-7-9)14-11-5-3-2-4-10(11)13-8-12/h2-5,9H,6-7H2,1H3.